The number of benzene rings is 2. The molecule has 4 rings (SSSR count). The molecule has 5 heteroatoms. The third kappa shape index (κ3) is 3.58. The Hall–Kier alpha value is -3.08. The van der Waals surface area contributed by atoms with Crippen molar-refractivity contribution in [2.75, 3.05) is 16.8 Å². The molecule has 3 aromatic rings. The molecule has 1 atom stereocenters. The van der Waals surface area contributed by atoms with Gasteiger partial charge in [0.15, 0.2) is 0 Å². The molecule has 1 unspecified atom stereocenters. The Kier molecular flexibility index (Phi) is 4.67. The molecule has 1 amide bonds. The Bertz CT molecular complexity index is 948. The third-order valence-corrected chi connectivity index (χ3v) is 5.11. The van der Waals surface area contributed by atoms with Crippen LogP contribution in [0, 0.1) is 0 Å². The molecule has 138 valence electrons. The van der Waals surface area contributed by atoms with E-state index in [0.29, 0.717) is 6.42 Å². The van der Waals surface area contributed by atoms with Gasteiger partial charge < -0.3 is 14.8 Å². The number of hydrogen-bond acceptors (Lipinski definition) is 3. The summed E-state index contributed by atoms with van der Waals surface area (Å²) in [6.07, 6.45) is 5.09. The van der Waals surface area contributed by atoms with Crippen LogP contribution in [-0.4, -0.2) is 22.0 Å². The number of anilines is 2. The smallest absolute Gasteiger partial charge is 0.231 e. The summed E-state index contributed by atoms with van der Waals surface area (Å²) in [4.78, 5) is 19.2. The van der Waals surface area contributed by atoms with E-state index in [-0.39, 0.29) is 11.9 Å². The number of fused-ring (bicyclic) bond motifs is 1. The first kappa shape index (κ1) is 17.3. The van der Waals surface area contributed by atoms with E-state index in [4.69, 9.17) is 0 Å². The maximum atomic E-state index is 12.8. The third-order valence-electron chi connectivity index (χ3n) is 5.11. The first-order chi connectivity index (χ1) is 13.1. The Labute approximate surface area is 159 Å². The monoisotopic (exact) mass is 360 g/mol. The highest BCUT2D eigenvalue weighted by Crippen LogP contribution is 2.32. The zero-order valence-electron chi connectivity index (χ0n) is 15.7. The summed E-state index contributed by atoms with van der Waals surface area (Å²) < 4.78 is 2.01. The fourth-order valence-electron chi connectivity index (χ4n) is 3.70. The van der Waals surface area contributed by atoms with Crippen LogP contribution < -0.4 is 10.2 Å². The van der Waals surface area contributed by atoms with Crippen LogP contribution in [0.4, 0.5) is 11.4 Å². The van der Waals surface area contributed by atoms with Gasteiger partial charge in [-0.25, -0.2) is 4.98 Å². The second kappa shape index (κ2) is 7.27. The average Bonchev–Trinajstić information content (AvgIpc) is 3.28. The second-order valence-corrected chi connectivity index (χ2v) is 7.06. The summed E-state index contributed by atoms with van der Waals surface area (Å²) in [6.45, 7) is 2.84. The van der Waals surface area contributed by atoms with Crippen LogP contribution in [0.3, 0.4) is 0 Å². The van der Waals surface area contributed by atoms with Gasteiger partial charge in [0, 0.05) is 37.4 Å². The van der Waals surface area contributed by atoms with Crippen molar-refractivity contribution in [3.05, 3.63) is 77.9 Å². The molecule has 0 spiro atoms. The number of aromatic nitrogens is 2. The minimum atomic E-state index is 0.0814. The summed E-state index contributed by atoms with van der Waals surface area (Å²) >= 11 is 0. The molecule has 0 saturated heterocycles. The quantitative estimate of drug-likeness (QED) is 0.754. The topological polar surface area (TPSA) is 50.2 Å². The average molecular weight is 360 g/mol. The van der Waals surface area contributed by atoms with Gasteiger partial charge in [0.05, 0.1) is 12.5 Å². The largest absolute Gasteiger partial charge is 0.375 e. The second-order valence-electron chi connectivity index (χ2n) is 7.06. The van der Waals surface area contributed by atoms with Crippen LogP contribution in [-0.2, 0) is 24.7 Å². The Balaban J connectivity index is 1.52. The van der Waals surface area contributed by atoms with Crippen molar-refractivity contribution in [3.8, 4) is 0 Å². The zero-order chi connectivity index (χ0) is 18.8. The number of aryl methyl sites for hydroxylation is 1. The molecule has 1 aromatic heterocycles. The van der Waals surface area contributed by atoms with Crippen molar-refractivity contribution in [1.29, 1.82) is 0 Å². The normalized spacial score (nSPS) is 14.1. The molecular formula is C22H24N4O. The molecule has 27 heavy (non-hydrogen) atoms. The van der Waals surface area contributed by atoms with Gasteiger partial charge in [0.25, 0.3) is 0 Å². The number of imidazole rings is 1. The first-order valence-corrected chi connectivity index (χ1v) is 9.33. The van der Waals surface area contributed by atoms with Crippen molar-refractivity contribution < 1.29 is 4.79 Å². The SMILES string of the molecule is CC(Nc1ccc2c(c1)N(C(=O)Cc1ccccc1)CC2)c1nccn1C. The molecule has 2 heterocycles. The molecule has 0 radical (unpaired) electrons. The first-order valence-electron chi connectivity index (χ1n) is 9.33. The summed E-state index contributed by atoms with van der Waals surface area (Å²) in [5.41, 5.74) is 4.30. The fraction of sp³-hybridized carbons (Fsp3) is 0.273. The Morgan fingerprint density at radius 2 is 2.04 bits per heavy atom. The Morgan fingerprint density at radius 1 is 1.22 bits per heavy atom. The lowest BCUT2D eigenvalue weighted by atomic mass is 10.1. The highest BCUT2D eigenvalue weighted by molar-refractivity contribution is 5.97. The molecule has 1 N–H and O–H groups in total. The van der Waals surface area contributed by atoms with Crippen LogP contribution in [0.2, 0.25) is 0 Å². The fourth-order valence-corrected chi connectivity index (χ4v) is 3.70. The van der Waals surface area contributed by atoms with Crippen molar-refractivity contribution in [3.63, 3.8) is 0 Å². The summed E-state index contributed by atoms with van der Waals surface area (Å²) in [5, 5.41) is 3.50. The highest BCUT2D eigenvalue weighted by atomic mass is 16.2. The molecule has 2 aromatic carbocycles. The lowest BCUT2D eigenvalue weighted by Crippen LogP contribution is -2.30. The van der Waals surface area contributed by atoms with Gasteiger partial charge in [0.1, 0.15) is 5.82 Å². The molecule has 0 saturated carbocycles. The summed E-state index contributed by atoms with van der Waals surface area (Å²) in [5.74, 6) is 1.13. The van der Waals surface area contributed by atoms with Gasteiger partial charge in [-0.2, -0.15) is 0 Å². The van der Waals surface area contributed by atoms with Crippen molar-refractivity contribution >= 4 is 17.3 Å². The summed E-state index contributed by atoms with van der Waals surface area (Å²) in [7, 11) is 1.99. The highest BCUT2D eigenvalue weighted by Gasteiger charge is 2.25. The van der Waals surface area contributed by atoms with E-state index >= 15 is 0 Å². The van der Waals surface area contributed by atoms with Gasteiger partial charge in [-0.15, -0.1) is 0 Å². The maximum absolute atomic E-state index is 12.8. The molecule has 0 aliphatic carbocycles. The summed E-state index contributed by atoms with van der Waals surface area (Å²) in [6, 6.07) is 16.3. The number of nitrogens with one attached hydrogen (secondary N) is 1. The van der Waals surface area contributed by atoms with E-state index in [1.165, 1.54) is 5.56 Å². The number of nitrogens with zero attached hydrogens (tertiary/aromatic N) is 3. The molecule has 5 nitrogen and oxygen atoms in total. The minimum Gasteiger partial charge on any atom is -0.375 e. The van der Waals surface area contributed by atoms with Crippen LogP contribution >= 0.6 is 0 Å². The number of amides is 1. The van der Waals surface area contributed by atoms with Crippen LogP contribution in [0.15, 0.2) is 60.9 Å². The Morgan fingerprint density at radius 3 is 2.78 bits per heavy atom. The van der Waals surface area contributed by atoms with E-state index in [9.17, 15) is 4.79 Å². The van der Waals surface area contributed by atoms with Crippen LogP contribution in [0.25, 0.3) is 0 Å². The molecule has 0 bridgehead atoms. The number of carbonyl (C=O) groups is 1. The molecule has 1 aliphatic heterocycles. The van der Waals surface area contributed by atoms with Crippen molar-refractivity contribution in [1.82, 2.24) is 9.55 Å². The van der Waals surface area contributed by atoms with Crippen LogP contribution in [0.5, 0.6) is 0 Å². The molecular weight excluding hydrogens is 336 g/mol. The predicted octanol–water partition coefficient (Wildman–Crippen LogP) is 3.73. The minimum absolute atomic E-state index is 0.0814. The number of carbonyl (C=O) groups excluding carboxylic acids is 1. The lowest BCUT2D eigenvalue weighted by Gasteiger charge is -2.20. The van der Waals surface area contributed by atoms with E-state index < -0.39 is 0 Å². The predicted molar refractivity (Wildman–Crippen MR) is 108 cm³/mol. The van der Waals surface area contributed by atoms with Gasteiger partial charge in [0.2, 0.25) is 5.91 Å². The van der Waals surface area contributed by atoms with E-state index in [1.807, 2.05) is 53.0 Å². The standard InChI is InChI=1S/C22H24N4O/c1-16(22-23-11-13-25(22)2)24-19-9-8-18-10-12-26(20(18)15-19)21(27)14-17-6-4-3-5-7-17/h3-9,11,13,15-16,24H,10,12,14H2,1-2H3. The number of rotatable bonds is 5. The van der Waals surface area contributed by atoms with E-state index in [0.717, 1.165) is 35.7 Å². The zero-order valence-corrected chi connectivity index (χ0v) is 15.7. The number of hydrogen-bond donors (Lipinski definition) is 1. The van der Waals surface area contributed by atoms with Gasteiger partial charge in [-0.3, -0.25) is 4.79 Å². The van der Waals surface area contributed by atoms with E-state index in [1.54, 1.807) is 6.20 Å². The van der Waals surface area contributed by atoms with Gasteiger partial charge >= 0.3 is 0 Å². The molecule has 0 fully saturated rings. The maximum Gasteiger partial charge on any atom is 0.231 e. The lowest BCUT2D eigenvalue weighted by molar-refractivity contribution is -0.117. The molecule has 1 aliphatic rings. The van der Waals surface area contributed by atoms with Gasteiger partial charge in [-0.1, -0.05) is 36.4 Å². The van der Waals surface area contributed by atoms with Crippen molar-refractivity contribution in [2.24, 2.45) is 7.05 Å². The van der Waals surface area contributed by atoms with Gasteiger partial charge in [-0.05, 0) is 36.6 Å². The van der Waals surface area contributed by atoms with E-state index in [2.05, 4.69) is 35.4 Å². The van der Waals surface area contributed by atoms with Crippen molar-refractivity contribution in [2.45, 2.75) is 25.8 Å². The van der Waals surface area contributed by atoms with Crippen LogP contribution in [0.1, 0.15) is 29.9 Å².